The van der Waals surface area contributed by atoms with Crippen molar-refractivity contribution in [2.45, 2.75) is 44.1 Å². The van der Waals surface area contributed by atoms with Crippen LogP contribution in [-0.2, 0) is 11.8 Å². The van der Waals surface area contributed by atoms with Gasteiger partial charge in [-0.2, -0.15) is 0 Å². The van der Waals surface area contributed by atoms with Crippen molar-refractivity contribution in [2.24, 2.45) is 0 Å². The zero-order chi connectivity index (χ0) is 15.0. The zero-order valence-electron chi connectivity index (χ0n) is 12.4. The minimum Gasteiger partial charge on any atom is -0.392 e. The molecule has 0 radical (unpaired) electrons. The van der Waals surface area contributed by atoms with Crippen LogP contribution in [0.2, 0.25) is 0 Å². The van der Waals surface area contributed by atoms with E-state index in [9.17, 15) is 9.50 Å². The Morgan fingerprint density at radius 1 is 1.24 bits per heavy atom. The van der Waals surface area contributed by atoms with Crippen LogP contribution in [0.1, 0.15) is 43.0 Å². The lowest BCUT2D eigenvalue weighted by molar-refractivity contribution is 0.0716. The molecule has 2 unspecified atom stereocenters. The summed E-state index contributed by atoms with van der Waals surface area (Å²) in [6.07, 6.45) is 3.12. The van der Waals surface area contributed by atoms with Crippen molar-refractivity contribution in [3.05, 3.63) is 65.2 Å². The van der Waals surface area contributed by atoms with Gasteiger partial charge < -0.3 is 5.11 Å². The van der Waals surface area contributed by atoms with Crippen LogP contribution in [0.3, 0.4) is 0 Å². The molecule has 1 N–H and O–H groups in total. The number of hydrogen-bond acceptors (Lipinski definition) is 2. The van der Waals surface area contributed by atoms with Crippen LogP contribution < -0.4 is 0 Å². The van der Waals surface area contributed by atoms with E-state index in [2.05, 4.69) is 11.1 Å². The quantitative estimate of drug-likeness (QED) is 0.935. The van der Waals surface area contributed by atoms with E-state index < -0.39 is 11.5 Å². The van der Waals surface area contributed by atoms with Crippen LogP contribution in [0.5, 0.6) is 0 Å². The summed E-state index contributed by atoms with van der Waals surface area (Å²) >= 11 is 0. The highest BCUT2D eigenvalue weighted by Crippen LogP contribution is 2.41. The molecule has 21 heavy (non-hydrogen) atoms. The minimum atomic E-state index is -0.542. The number of benzene rings is 1. The number of halogens is 1. The van der Waals surface area contributed by atoms with Gasteiger partial charge >= 0.3 is 0 Å². The van der Waals surface area contributed by atoms with Gasteiger partial charge in [-0.15, -0.1) is 0 Å². The topological polar surface area (TPSA) is 33.1 Å². The third kappa shape index (κ3) is 2.46. The molecule has 0 amide bonds. The fourth-order valence-electron chi connectivity index (χ4n) is 3.30. The summed E-state index contributed by atoms with van der Waals surface area (Å²) in [6.45, 7) is 4.01. The Morgan fingerprint density at radius 2 is 1.95 bits per heavy atom. The second-order valence-electron chi connectivity index (χ2n) is 6.37. The number of aliphatic hydroxyl groups is 1. The number of nitrogens with zero attached hydrogens (tertiary/aromatic N) is 1. The normalized spacial score (nSPS) is 19.3. The highest BCUT2D eigenvalue weighted by Gasteiger charge is 2.39. The first-order valence-corrected chi connectivity index (χ1v) is 7.38. The molecule has 0 bridgehead atoms. The number of aromatic nitrogens is 1. The predicted octanol–water partition coefficient (Wildman–Crippen LogP) is 3.59. The van der Waals surface area contributed by atoms with E-state index in [0.717, 1.165) is 24.1 Å². The highest BCUT2D eigenvalue weighted by atomic mass is 19.1. The van der Waals surface area contributed by atoms with E-state index in [4.69, 9.17) is 0 Å². The molecule has 2 nitrogen and oxygen atoms in total. The van der Waals surface area contributed by atoms with Gasteiger partial charge in [0.05, 0.1) is 6.10 Å². The predicted molar refractivity (Wildman–Crippen MR) is 80.7 cm³/mol. The fourth-order valence-corrected chi connectivity index (χ4v) is 3.30. The third-order valence-corrected chi connectivity index (χ3v) is 4.71. The Bertz CT molecular complexity index is 636. The maximum Gasteiger partial charge on any atom is 0.123 e. The number of pyridine rings is 1. The van der Waals surface area contributed by atoms with Gasteiger partial charge in [-0.3, -0.25) is 4.98 Å². The molecule has 3 heteroatoms. The van der Waals surface area contributed by atoms with Crippen LogP contribution in [0, 0.1) is 5.82 Å². The van der Waals surface area contributed by atoms with E-state index in [1.165, 1.54) is 17.7 Å². The first kappa shape index (κ1) is 14.2. The van der Waals surface area contributed by atoms with Gasteiger partial charge in [0.15, 0.2) is 0 Å². The molecule has 110 valence electrons. The van der Waals surface area contributed by atoms with Gasteiger partial charge in [0.1, 0.15) is 5.82 Å². The van der Waals surface area contributed by atoms with Crippen molar-refractivity contribution in [3.63, 3.8) is 0 Å². The molecule has 0 saturated carbocycles. The van der Waals surface area contributed by atoms with E-state index >= 15 is 0 Å². The van der Waals surface area contributed by atoms with Crippen molar-refractivity contribution < 1.29 is 9.50 Å². The summed E-state index contributed by atoms with van der Waals surface area (Å²) in [7, 11) is 0. The van der Waals surface area contributed by atoms with E-state index in [1.807, 2.05) is 19.9 Å². The van der Waals surface area contributed by atoms with Crippen LogP contribution in [0.4, 0.5) is 4.39 Å². The fraction of sp³-hybridized carbons (Fsp3) is 0.389. The number of aliphatic hydroxyl groups excluding tert-OH is 1. The molecular weight excluding hydrogens is 265 g/mol. The average molecular weight is 285 g/mol. The lowest BCUT2D eigenvalue weighted by Gasteiger charge is -2.35. The number of hydrogen-bond donors (Lipinski definition) is 1. The molecule has 2 aromatic rings. The summed E-state index contributed by atoms with van der Waals surface area (Å²) in [4.78, 5) is 4.46. The number of fused-ring (bicyclic) bond motifs is 1. The largest absolute Gasteiger partial charge is 0.392 e. The van der Waals surface area contributed by atoms with Crippen LogP contribution in [-0.4, -0.2) is 16.2 Å². The maximum atomic E-state index is 13.1. The van der Waals surface area contributed by atoms with Crippen LogP contribution >= 0.6 is 0 Å². The molecule has 0 saturated heterocycles. The van der Waals surface area contributed by atoms with Gasteiger partial charge in [-0.05, 0) is 42.2 Å². The second kappa shape index (κ2) is 5.23. The first-order valence-electron chi connectivity index (χ1n) is 7.38. The monoisotopic (exact) mass is 285 g/mol. The first-order chi connectivity index (χ1) is 10.00. The standard InChI is InChI=1S/C18H20FNO/c1-18(2,13-6-8-14(19)9-7-13)17(21)15-10-5-12-4-3-11-20-16(12)15/h3-4,6-9,11,15,17,21H,5,10H2,1-2H3. The van der Waals surface area contributed by atoms with Crippen molar-refractivity contribution in [3.8, 4) is 0 Å². The highest BCUT2D eigenvalue weighted by molar-refractivity contribution is 5.33. The van der Waals surface area contributed by atoms with E-state index in [0.29, 0.717) is 0 Å². The molecule has 0 aliphatic heterocycles. The molecular formula is C18H20FNO. The molecule has 3 rings (SSSR count). The minimum absolute atomic E-state index is 0.0428. The molecule has 0 fully saturated rings. The SMILES string of the molecule is CC(C)(c1ccc(F)cc1)C(O)C1CCc2cccnc21. The molecule has 1 aromatic heterocycles. The summed E-state index contributed by atoms with van der Waals surface area (Å²) in [6, 6.07) is 10.4. The average Bonchev–Trinajstić information content (AvgIpc) is 2.90. The van der Waals surface area contributed by atoms with Gasteiger partial charge in [0.25, 0.3) is 0 Å². The number of rotatable bonds is 3. The Labute approximate surface area is 124 Å². The lowest BCUT2D eigenvalue weighted by Crippen LogP contribution is -2.38. The number of aryl methyl sites for hydroxylation is 1. The molecule has 1 aliphatic carbocycles. The van der Waals surface area contributed by atoms with Gasteiger partial charge in [0.2, 0.25) is 0 Å². The van der Waals surface area contributed by atoms with Crippen LogP contribution in [0.25, 0.3) is 0 Å². The van der Waals surface area contributed by atoms with Gasteiger partial charge in [0, 0.05) is 23.2 Å². The molecule has 1 aromatic carbocycles. The molecule has 1 aliphatic rings. The molecule has 1 heterocycles. The Morgan fingerprint density at radius 3 is 2.67 bits per heavy atom. The van der Waals surface area contributed by atoms with Crippen molar-refractivity contribution in [1.82, 2.24) is 4.98 Å². The van der Waals surface area contributed by atoms with E-state index in [1.54, 1.807) is 18.3 Å². The second-order valence-corrected chi connectivity index (χ2v) is 6.37. The summed E-state index contributed by atoms with van der Waals surface area (Å²) in [5, 5.41) is 10.9. The van der Waals surface area contributed by atoms with Gasteiger partial charge in [-0.25, -0.2) is 4.39 Å². The molecule has 0 spiro atoms. The maximum absolute atomic E-state index is 13.1. The summed E-state index contributed by atoms with van der Waals surface area (Å²) < 4.78 is 13.1. The van der Waals surface area contributed by atoms with Crippen molar-refractivity contribution in [2.75, 3.05) is 0 Å². The zero-order valence-corrected chi connectivity index (χ0v) is 12.4. The van der Waals surface area contributed by atoms with Crippen LogP contribution in [0.15, 0.2) is 42.6 Å². The Kier molecular flexibility index (Phi) is 3.54. The smallest absolute Gasteiger partial charge is 0.123 e. The van der Waals surface area contributed by atoms with Crippen molar-refractivity contribution in [1.29, 1.82) is 0 Å². The lowest BCUT2D eigenvalue weighted by atomic mass is 9.73. The van der Waals surface area contributed by atoms with Gasteiger partial charge in [-0.1, -0.05) is 32.0 Å². The third-order valence-electron chi connectivity index (χ3n) is 4.71. The summed E-state index contributed by atoms with van der Waals surface area (Å²) in [5.74, 6) is -0.210. The van der Waals surface area contributed by atoms with Crippen molar-refractivity contribution >= 4 is 0 Å². The Balaban J connectivity index is 1.91. The Hall–Kier alpha value is -1.74. The summed E-state index contributed by atoms with van der Waals surface area (Å²) in [5.41, 5.74) is 2.75. The van der Waals surface area contributed by atoms with E-state index in [-0.39, 0.29) is 11.7 Å². The molecule has 2 atom stereocenters.